The molecule has 0 saturated heterocycles. The van der Waals surface area contributed by atoms with Gasteiger partial charge in [-0.1, -0.05) is 0 Å². The Kier molecular flexibility index (Phi) is 4.30. The third-order valence-electron chi connectivity index (χ3n) is 3.39. The molecule has 0 bridgehead atoms. The Hall–Kier alpha value is -1.19. The van der Waals surface area contributed by atoms with E-state index in [9.17, 15) is 14.4 Å². The maximum absolute atomic E-state index is 11.9. The summed E-state index contributed by atoms with van der Waals surface area (Å²) in [5.41, 5.74) is -1.45. The van der Waals surface area contributed by atoms with Gasteiger partial charge in [0.1, 0.15) is 17.2 Å². The molecule has 0 aliphatic heterocycles. The molecule has 0 N–H and O–H groups in total. The Labute approximate surface area is 108 Å². The highest BCUT2D eigenvalue weighted by Gasteiger charge is 2.46. The van der Waals surface area contributed by atoms with Gasteiger partial charge in [0.15, 0.2) is 0 Å². The summed E-state index contributed by atoms with van der Waals surface area (Å²) in [4.78, 5) is 35.2. The predicted octanol–water partition coefficient (Wildman–Crippen LogP) is 2.44. The van der Waals surface area contributed by atoms with Gasteiger partial charge in [-0.25, -0.2) is 0 Å². The number of hydrogen-bond donors (Lipinski definition) is 0. The largest absolute Gasteiger partial charge is 0.460 e. The molecule has 0 heterocycles. The van der Waals surface area contributed by atoms with Crippen LogP contribution in [0.25, 0.3) is 0 Å². The molecule has 4 heteroatoms. The first-order valence-corrected chi connectivity index (χ1v) is 6.43. The van der Waals surface area contributed by atoms with Crippen molar-refractivity contribution in [3.8, 4) is 0 Å². The summed E-state index contributed by atoms with van der Waals surface area (Å²) in [5, 5.41) is 0. The van der Waals surface area contributed by atoms with E-state index in [0.717, 1.165) is 6.42 Å². The van der Waals surface area contributed by atoms with Gasteiger partial charge in [-0.3, -0.25) is 14.4 Å². The summed E-state index contributed by atoms with van der Waals surface area (Å²) in [7, 11) is 0. The third-order valence-corrected chi connectivity index (χ3v) is 3.39. The molecule has 1 rings (SSSR count). The smallest absolute Gasteiger partial charge is 0.306 e. The number of rotatable bonds is 4. The lowest BCUT2D eigenvalue weighted by atomic mass is 9.77. The Morgan fingerprint density at radius 1 is 1.33 bits per heavy atom. The van der Waals surface area contributed by atoms with Crippen molar-refractivity contribution in [2.45, 2.75) is 65.4 Å². The monoisotopic (exact) mass is 254 g/mol. The van der Waals surface area contributed by atoms with Gasteiger partial charge < -0.3 is 4.74 Å². The SMILES string of the molecule is CC(=O)C1(CCC(=O)OC(C)(C)C)CCCC1=O. The van der Waals surface area contributed by atoms with Crippen molar-refractivity contribution in [3.05, 3.63) is 0 Å². The van der Waals surface area contributed by atoms with Gasteiger partial charge in [-0.15, -0.1) is 0 Å². The van der Waals surface area contributed by atoms with Crippen LogP contribution in [-0.4, -0.2) is 23.1 Å². The van der Waals surface area contributed by atoms with Gasteiger partial charge in [0.25, 0.3) is 0 Å². The van der Waals surface area contributed by atoms with Crippen molar-refractivity contribution in [3.63, 3.8) is 0 Å². The molecule has 18 heavy (non-hydrogen) atoms. The van der Waals surface area contributed by atoms with Gasteiger partial charge in [0.05, 0.1) is 5.41 Å². The Balaban J connectivity index is 2.62. The fourth-order valence-corrected chi connectivity index (χ4v) is 2.45. The topological polar surface area (TPSA) is 60.4 Å². The van der Waals surface area contributed by atoms with Crippen LogP contribution in [0.4, 0.5) is 0 Å². The van der Waals surface area contributed by atoms with E-state index in [4.69, 9.17) is 4.74 Å². The lowest BCUT2D eigenvalue weighted by molar-refractivity contribution is -0.155. The molecular weight excluding hydrogens is 232 g/mol. The van der Waals surface area contributed by atoms with Gasteiger partial charge in [0, 0.05) is 12.8 Å². The van der Waals surface area contributed by atoms with Gasteiger partial charge in [-0.05, 0) is 47.0 Å². The molecule has 1 fully saturated rings. The average molecular weight is 254 g/mol. The lowest BCUT2D eigenvalue weighted by Crippen LogP contribution is -2.35. The molecular formula is C14H22O4. The second-order valence-corrected chi connectivity index (χ2v) is 6.00. The average Bonchev–Trinajstić information content (AvgIpc) is 2.55. The summed E-state index contributed by atoms with van der Waals surface area (Å²) < 4.78 is 5.20. The highest BCUT2D eigenvalue weighted by molar-refractivity contribution is 6.07. The molecule has 1 saturated carbocycles. The van der Waals surface area contributed by atoms with Crippen LogP contribution >= 0.6 is 0 Å². The van der Waals surface area contributed by atoms with Crippen molar-refractivity contribution < 1.29 is 19.1 Å². The molecule has 0 aromatic heterocycles. The summed E-state index contributed by atoms with van der Waals surface area (Å²) in [5.74, 6) is -0.477. The Morgan fingerprint density at radius 3 is 2.33 bits per heavy atom. The first-order chi connectivity index (χ1) is 8.17. The number of ketones is 2. The van der Waals surface area contributed by atoms with E-state index >= 15 is 0 Å². The van der Waals surface area contributed by atoms with Crippen molar-refractivity contribution in [1.82, 2.24) is 0 Å². The third kappa shape index (κ3) is 3.40. The molecule has 1 aliphatic carbocycles. The minimum Gasteiger partial charge on any atom is -0.460 e. The van der Waals surface area contributed by atoms with Crippen LogP contribution in [-0.2, 0) is 19.1 Å². The number of Topliss-reactive ketones (excluding diaryl/α,β-unsaturated/α-hetero) is 2. The standard InChI is InChI=1S/C14H22O4/c1-10(15)14(8-5-6-11(14)16)9-7-12(17)18-13(2,3)4/h5-9H2,1-4H3. The van der Waals surface area contributed by atoms with E-state index < -0.39 is 11.0 Å². The first-order valence-electron chi connectivity index (χ1n) is 6.43. The minimum atomic E-state index is -0.920. The fourth-order valence-electron chi connectivity index (χ4n) is 2.45. The van der Waals surface area contributed by atoms with Crippen LogP contribution in [0.1, 0.15) is 59.8 Å². The highest BCUT2D eigenvalue weighted by atomic mass is 16.6. The maximum Gasteiger partial charge on any atom is 0.306 e. The van der Waals surface area contributed by atoms with Crippen LogP contribution < -0.4 is 0 Å². The molecule has 102 valence electrons. The number of hydrogen-bond acceptors (Lipinski definition) is 4. The Bertz CT molecular complexity index is 364. The van der Waals surface area contributed by atoms with E-state index in [-0.39, 0.29) is 30.4 Å². The highest BCUT2D eigenvalue weighted by Crippen LogP contribution is 2.40. The van der Waals surface area contributed by atoms with Crippen LogP contribution in [0, 0.1) is 5.41 Å². The lowest BCUT2D eigenvalue weighted by Gasteiger charge is -2.25. The Morgan fingerprint density at radius 2 is 1.94 bits per heavy atom. The number of carbonyl (C=O) groups excluding carboxylic acids is 3. The minimum absolute atomic E-state index is 0.0152. The summed E-state index contributed by atoms with van der Waals surface area (Å²) in [6.07, 6.45) is 2.18. The predicted molar refractivity (Wildman–Crippen MR) is 67.1 cm³/mol. The molecule has 1 atom stereocenters. The fraction of sp³-hybridized carbons (Fsp3) is 0.786. The summed E-state index contributed by atoms with van der Waals surface area (Å²) >= 11 is 0. The first kappa shape index (κ1) is 14.9. The second-order valence-electron chi connectivity index (χ2n) is 6.00. The van der Waals surface area contributed by atoms with E-state index in [1.54, 1.807) is 20.8 Å². The molecule has 0 aromatic carbocycles. The summed E-state index contributed by atoms with van der Waals surface area (Å²) in [6, 6.07) is 0. The number of esters is 1. The zero-order valence-electron chi connectivity index (χ0n) is 11.7. The van der Waals surface area contributed by atoms with Crippen LogP contribution in [0.3, 0.4) is 0 Å². The van der Waals surface area contributed by atoms with Crippen LogP contribution in [0.5, 0.6) is 0 Å². The molecule has 1 aliphatic rings. The van der Waals surface area contributed by atoms with Gasteiger partial charge in [0.2, 0.25) is 0 Å². The molecule has 0 amide bonds. The van der Waals surface area contributed by atoms with Crippen LogP contribution in [0.15, 0.2) is 0 Å². The van der Waals surface area contributed by atoms with Crippen LogP contribution in [0.2, 0.25) is 0 Å². The van der Waals surface area contributed by atoms with Crippen molar-refractivity contribution in [2.75, 3.05) is 0 Å². The second kappa shape index (κ2) is 5.21. The number of carbonyl (C=O) groups is 3. The normalized spacial score (nSPS) is 24.1. The number of ether oxygens (including phenoxy) is 1. The quantitative estimate of drug-likeness (QED) is 0.571. The van der Waals surface area contributed by atoms with E-state index in [1.807, 2.05) is 0 Å². The van der Waals surface area contributed by atoms with E-state index in [0.29, 0.717) is 12.8 Å². The maximum atomic E-state index is 11.9. The zero-order chi connectivity index (χ0) is 14.0. The molecule has 0 spiro atoms. The molecule has 0 aromatic rings. The van der Waals surface area contributed by atoms with Crippen molar-refractivity contribution >= 4 is 17.5 Å². The van der Waals surface area contributed by atoms with Crippen molar-refractivity contribution in [1.29, 1.82) is 0 Å². The van der Waals surface area contributed by atoms with Gasteiger partial charge >= 0.3 is 5.97 Å². The van der Waals surface area contributed by atoms with Crippen molar-refractivity contribution in [2.24, 2.45) is 5.41 Å². The zero-order valence-corrected chi connectivity index (χ0v) is 11.7. The van der Waals surface area contributed by atoms with E-state index in [1.165, 1.54) is 6.92 Å². The molecule has 1 unspecified atom stereocenters. The molecule has 4 nitrogen and oxygen atoms in total. The summed E-state index contributed by atoms with van der Waals surface area (Å²) in [6.45, 7) is 6.84. The van der Waals surface area contributed by atoms with Gasteiger partial charge in [-0.2, -0.15) is 0 Å². The molecule has 0 radical (unpaired) electrons. The van der Waals surface area contributed by atoms with E-state index in [2.05, 4.69) is 0 Å².